The van der Waals surface area contributed by atoms with E-state index in [1.807, 2.05) is 12.2 Å². The van der Waals surface area contributed by atoms with Crippen molar-refractivity contribution in [1.82, 2.24) is 4.90 Å². The van der Waals surface area contributed by atoms with Crippen molar-refractivity contribution in [2.75, 3.05) is 6.54 Å². The molecule has 0 fully saturated rings. The van der Waals surface area contributed by atoms with Gasteiger partial charge in [0.25, 0.3) is 0 Å². The van der Waals surface area contributed by atoms with Gasteiger partial charge in [0.1, 0.15) is 0 Å². The monoisotopic (exact) mass is 277 g/mol. The normalized spacial score (nSPS) is 27.5. The lowest BCUT2D eigenvalue weighted by atomic mass is 9.91. The highest BCUT2D eigenvalue weighted by Crippen LogP contribution is 2.38. The molecule has 0 saturated heterocycles. The predicted molar refractivity (Wildman–Crippen MR) is 90.8 cm³/mol. The van der Waals surface area contributed by atoms with Gasteiger partial charge >= 0.3 is 0 Å². The van der Waals surface area contributed by atoms with Crippen LogP contribution in [0.4, 0.5) is 0 Å². The summed E-state index contributed by atoms with van der Waals surface area (Å²) < 4.78 is 0. The molecule has 1 heterocycles. The third-order valence-electron chi connectivity index (χ3n) is 4.49. The fraction of sp³-hybridized carbons (Fsp3) is 0.300. The second-order valence-electron chi connectivity index (χ2n) is 5.84. The highest BCUT2D eigenvalue weighted by molar-refractivity contribution is 5.42. The first-order chi connectivity index (χ1) is 10.3. The Morgan fingerprint density at radius 1 is 1.29 bits per heavy atom. The summed E-state index contributed by atoms with van der Waals surface area (Å²) >= 11 is 0. The Hall–Kier alpha value is -2.02. The van der Waals surface area contributed by atoms with Gasteiger partial charge in [-0.15, -0.1) is 0 Å². The lowest BCUT2D eigenvalue weighted by Crippen LogP contribution is -2.34. The molecule has 21 heavy (non-hydrogen) atoms. The van der Waals surface area contributed by atoms with Gasteiger partial charge in [-0.3, -0.25) is 0 Å². The molecule has 0 aromatic carbocycles. The smallest absolute Gasteiger partial charge is 0.0580 e. The minimum atomic E-state index is 0.454. The van der Waals surface area contributed by atoms with Crippen LogP contribution in [0.2, 0.25) is 0 Å². The molecule has 3 aliphatic rings. The first-order valence-electron chi connectivity index (χ1n) is 7.78. The molecule has 0 radical (unpaired) electrons. The molecule has 0 aromatic rings. The van der Waals surface area contributed by atoms with Crippen molar-refractivity contribution in [3.05, 3.63) is 84.2 Å². The molecule has 1 heteroatoms. The van der Waals surface area contributed by atoms with Gasteiger partial charge < -0.3 is 4.90 Å². The van der Waals surface area contributed by atoms with Crippen molar-refractivity contribution >= 4 is 0 Å². The van der Waals surface area contributed by atoms with Gasteiger partial charge in [-0.25, -0.2) is 0 Å². The first-order valence-corrected chi connectivity index (χ1v) is 7.78. The summed E-state index contributed by atoms with van der Waals surface area (Å²) in [5.41, 5.74) is 4.24. The molecule has 0 spiro atoms. The summed E-state index contributed by atoms with van der Waals surface area (Å²) in [4.78, 5) is 2.53. The quantitative estimate of drug-likeness (QED) is 0.673. The Labute approximate surface area is 128 Å². The van der Waals surface area contributed by atoms with E-state index < -0.39 is 0 Å². The van der Waals surface area contributed by atoms with Crippen LogP contribution in [0.25, 0.3) is 0 Å². The summed E-state index contributed by atoms with van der Waals surface area (Å²) in [5, 5.41) is 0. The number of hydrogen-bond acceptors (Lipinski definition) is 1. The Kier molecular flexibility index (Phi) is 4.10. The van der Waals surface area contributed by atoms with E-state index >= 15 is 0 Å². The second-order valence-corrected chi connectivity index (χ2v) is 5.84. The first kappa shape index (κ1) is 13.9. The Balaban J connectivity index is 1.90. The maximum atomic E-state index is 3.80. The number of rotatable bonds is 4. The van der Waals surface area contributed by atoms with Crippen LogP contribution in [0.1, 0.15) is 19.8 Å². The van der Waals surface area contributed by atoms with Crippen LogP contribution < -0.4 is 0 Å². The van der Waals surface area contributed by atoms with Crippen LogP contribution in [0.5, 0.6) is 0 Å². The van der Waals surface area contributed by atoms with Gasteiger partial charge in [0.2, 0.25) is 0 Å². The number of nitrogens with zero attached hydrogens (tertiary/aromatic N) is 1. The van der Waals surface area contributed by atoms with E-state index in [-0.39, 0.29) is 0 Å². The summed E-state index contributed by atoms with van der Waals surface area (Å²) in [6, 6.07) is 0.454. The summed E-state index contributed by atoms with van der Waals surface area (Å²) in [6.07, 6.45) is 24.4. The number of allylic oxidation sites excluding steroid dienone is 7. The number of fused-ring (bicyclic) bond motifs is 1. The minimum Gasteiger partial charge on any atom is -0.360 e. The molecule has 108 valence electrons. The average molecular weight is 277 g/mol. The molecule has 2 unspecified atom stereocenters. The van der Waals surface area contributed by atoms with E-state index in [0.29, 0.717) is 12.0 Å². The molecule has 0 bridgehead atoms. The molecule has 3 rings (SSSR count). The number of hydrogen-bond donors (Lipinski definition) is 0. The lowest BCUT2D eigenvalue weighted by molar-refractivity contribution is 0.327. The summed E-state index contributed by atoms with van der Waals surface area (Å²) in [7, 11) is 0. The van der Waals surface area contributed by atoms with Gasteiger partial charge in [-0.1, -0.05) is 61.3 Å². The lowest BCUT2D eigenvalue weighted by Gasteiger charge is -2.31. The SMILES string of the molecule is C=C/C=C\C1=C(C)C2C=CC=CC2N1CC1=CCCC=C1. The third kappa shape index (κ3) is 2.73. The van der Waals surface area contributed by atoms with E-state index in [4.69, 9.17) is 0 Å². The van der Waals surface area contributed by atoms with Gasteiger partial charge in [0, 0.05) is 18.2 Å². The van der Waals surface area contributed by atoms with Gasteiger partial charge in [0.05, 0.1) is 6.04 Å². The van der Waals surface area contributed by atoms with Crippen LogP contribution in [-0.2, 0) is 0 Å². The molecule has 0 saturated carbocycles. The van der Waals surface area contributed by atoms with E-state index in [1.54, 1.807) is 0 Å². The van der Waals surface area contributed by atoms with Crippen LogP contribution in [0.3, 0.4) is 0 Å². The molecule has 0 aromatic heterocycles. The van der Waals surface area contributed by atoms with Crippen LogP contribution in [0, 0.1) is 5.92 Å². The van der Waals surface area contributed by atoms with Crippen LogP contribution in [-0.4, -0.2) is 17.5 Å². The molecule has 0 N–H and O–H groups in total. The second kappa shape index (κ2) is 6.17. The van der Waals surface area contributed by atoms with Crippen molar-refractivity contribution in [2.24, 2.45) is 5.92 Å². The van der Waals surface area contributed by atoms with Gasteiger partial charge in [-0.05, 0) is 37.0 Å². The van der Waals surface area contributed by atoms with Crippen molar-refractivity contribution in [3.63, 3.8) is 0 Å². The van der Waals surface area contributed by atoms with Crippen molar-refractivity contribution in [3.8, 4) is 0 Å². The van der Waals surface area contributed by atoms with Crippen LogP contribution >= 0.6 is 0 Å². The average Bonchev–Trinajstić information content (AvgIpc) is 2.79. The van der Waals surface area contributed by atoms with Crippen LogP contribution in [0.15, 0.2) is 84.2 Å². The fourth-order valence-electron chi connectivity index (χ4n) is 3.41. The molecule has 2 aliphatic carbocycles. The molecule has 1 nitrogen and oxygen atoms in total. The Morgan fingerprint density at radius 3 is 2.90 bits per heavy atom. The van der Waals surface area contributed by atoms with Crippen molar-refractivity contribution < 1.29 is 0 Å². The van der Waals surface area contributed by atoms with Crippen molar-refractivity contribution in [2.45, 2.75) is 25.8 Å². The minimum absolute atomic E-state index is 0.454. The zero-order valence-electron chi connectivity index (χ0n) is 12.7. The summed E-state index contributed by atoms with van der Waals surface area (Å²) in [6.45, 7) is 7.05. The van der Waals surface area contributed by atoms with E-state index in [1.165, 1.54) is 29.7 Å². The Morgan fingerprint density at radius 2 is 2.14 bits per heavy atom. The predicted octanol–water partition coefficient (Wildman–Crippen LogP) is 4.71. The van der Waals surface area contributed by atoms with Gasteiger partial charge in [-0.2, -0.15) is 0 Å². The highest BCUT2D eigenvalue weighted by atomic mass is 15.2. The van der Waals surface area contributed by atoms with Gasteiger partial charge in [0.15, 0.2) is 0 Å². The largest absolute Gasteiger partial charge is 0.360 e. The Bertz CT molecular complexity index is 595. The maximum absolute atomic E-state index is 3.80. The van der Waals surface area contributed by atoms with E-state index in [2.05, 4.69) is 67.0 Å². The third-order valence-corrected chi connectivity index (χ3v) is 4.49. The molecular weight excluding hydrogens is 254 g/mol. The fourth-order valence-corrected chi connectivity index (χ4v) is 3.41. The zero-order valence-corrected chi connectivity index (χ0v) is 12.7. The molecule has 2 atom stereocenters. The topological polar surface area (TPSA) is 3.24 Å². The maximum Gasteiger partial charge on any atom is 0.0580 e. The molecule has 1 aliphatic heterocycles. The van der Waals surface area contributed by atoms with Crippen molar-refractivity contribution in [1.29, 1.82) is 0 Å². The standard InChI is InChI=1S/C20H23N/c1-3-4-13-19-16(2)18-12-8-9-14-20(18)21(19)15-17-10-6-5-7-11-17/h3-4,6,8-14,18,20H,1,5,7,15H2,2H3/b13-4-. The van der Waals surface area contributed by atoms with E-state index in [9.17, 15) is 0 Å². The van der Waals surface area contributed by atoms with E-state index in [0.717, 1.165) is 6.54 Å². The molecular formula is C20H23N. The summed E-state index contributed by atoms with van der Waals surface area (Å²) in [5.74, 6) is 0.507. The zero-order chi connectivity index (χ0) is 14.7. The molecule has 0 amide bonds. The highest BCUT2D eigenvalue weighted by Gasteiger charge is 2.35.